The zero-order chi connectivity index (χ0) is 16.2. The standard InChI is InChI=1S/C19H23NOS/c1-5-17(18-9-7-6-8-10-18)15-20(3)22(4,21)19-13-11-16(2)12-14-19/h5-14H,4,15H2,1-3H3/b17-5+. The van der Waals surface area contributed by atoms with Gasteiger partial charge in [0, 0.05) is 11.4 Å². The Labute approximate surface area is 134 Å². The van der Waals surface area contributed by atoms with E-state index in [2.05, 4.69) is 24.1 Å². The lowest BCUT2D eigenvalue weighted by atomic mass is 10.1. The monoisotopic (exact) mass is 313 g/mol. The first-order chi connectivity index (χ1) is 10.4. The molecule has 0 N–H and O–H groups in total. The van der Waals surface area contributed by atoms with Gasteiger partial charge in [-0.05, 0) is 50.0 Å². The molecule has 1 atom stereocenters. The maximum atomic E-state index is 13.1. The molecule has 0 saturated carbocycles. The highest BCUT2D eigenvalue weighted by Gasteiger charge is 2.16. The number of allylic oxidation sites excluding steroid dienone is 1. The summed E-state index contributed by atoms with van der Waals surface area (Å²) in [6, 6.07) is 17.9. The van der Waals surface area contributed by atoms with E-state index in [4.69, 9.17) is 0 Å². The Balaban J connectivity index is 2.24. The molecule has 0 fully saturated rings. The van der Waals surface area contributed by atoms with Gasteiger partial charge in [0.2, 0.25) is 0 Å². The average Bonchev–Trinajstić information content (AvgIpc) is 2.53. The van der Waals surface area contributed by atoms with Crippen molar-refractivity contribution in [3.8, 4) is 0 Å². The molecule has 2 aromatic carbocycles. The Bertz CT molecular complexity index is 744. The van der Waals surface area contributed by atoms with Crippen molar-refractivity contribution in [2.45, 2.75) is 18.7 Å². The molecule has 0 aliphatic carbocycles. The summed E-state index contributed by atoms with van der Waals surface area (Å²) in [5.74, 6) is 3.98. The summed E-state index contributed by atoms with van der Waals surface area (Å²) in [5, 5.41) is 0. The SMILES string of the molecule is C=S(=O)(c1ccc(C)cc1)N(C)C/C(=C\C)c1ccccc1. The lowest BCUT2D eigenvalue weighted by molar-refractivity contribution is 0.570. The summed E-state index contributed by atoms with van der Waals surface area (Å²) in [6.45, 7) is 4.62. The minimum atomic E-state index is -2.48. The van der Waals surface area contributed by atoms with E-state index < -0.39 is 9.71 Å². The summed E-state index contributed by atoms with van der Waals surface area (Å²) in [5.41, 5.74) is 3.45. The maximum Gasteiger partial charge on any atom is 0.0559 e. The molecule has 3 heteroatoms. The number of nitrogens with zero attached hydrogens (tertiary/aromatic N) is 1. The van der Waals surface area contributed by atoms with Gasteiger partial charge in [0.1, 0.15) is 0 Å². The van der Waals surface area contributed by atoms with Crippen LogP contribution in [0.15, 0.2) is 65.6 Å². The largest absolute Gasteiger partial charge is 0.248 e. The molecule has 0 aliphatic heterocycles. The van der Waals surface area contributed by atoms with Gasteiger partial charge < -0.3 is 0 Å². The quantitative estimate of drug-likeness (QED) is 0.764. The summed E-state index contributed by atoms with van der Waals surface area (Å²) >= 11 is 0. The topological polar surface area (TPSA) is 20.3 Å². The highest BCUT2D eigenvalue weighted by Crippen LogP contribution is 2.20. The fraction of sp³-hybridized carbons (Fsp3) is 0.211. The number of benzene rings is 2. The van der Waals surface area contributed by atoms with Crippen molar-refractivity contribution in [3.05, 3.63) is 71.8 Å². The average molecular weight is 313 g/mol. The van der Waals surface area contributed by atoms with Crippen LogP contribution in [-0.2, 0) is 9.71 Å². The van der Waals surface area contributed by atoms with Crippen LogP contribution in [0.3, 0.4) is 0 Å². The molecule has 0 radical (unpaired) electrons. The normalized spacial score (nSPS) is 14.8. The summed E-state index contributed by atoms with van der Waals surface area (Å²) in [6.07, 6.45) is 2.07. The second-order valence-corrected chi connectivity index (χ2v) is 7.80. The Morgan fingerprint density at radius 2 is 1.73 bits per heavy atom. The van der Waals surface area contributed by atoms with Gasteiger partial charge in [-0.25, -0.2) is 8.51 Å². The van der Waals surface area contributed by atoms with Gasteiger partial charge in [0.15, 0.2) is 0 Å². The summed E-state index contributed by atoms with van der Waals surface area (Å²) in [7, 11) is -0.614. The second-order valence-electron chi connectivity index (χ2n) is 5.42. The summed E-state index contributed by atoms with van der Waals surface area (Å²) in [4.78, 5) is 0.768. The molecule has 0 saturated heterocycles. The van der Waals surface area contributed by atoms with Crippen molar-refractivity contribution in [1.29, 1.82) is 0 Å². The molecule has 2 rings (SSSR count). The third-order valence-electron chi connectivity index (χ3n) is 3.78. The molecule has 22 heavy (non-hydrogen) atoms. The molecule has 0 heterocycles. The van der Waals surface area contributed by atoms with E-state index in [-0.39, 0.29) is 0 Å². The maximum absolute atomic E-state index is 13.1. The fourth-order valence-corrected chi connectivity index (χ4v) is 3.55. The van der Waals surface area contributed by atoms with Crippen LogP contribution in [0.5, 0.6) is 0 Å². The highest BCUT2D eigenvalue weighted by molar-refractivity contribution is 7.98. The minimum absolute atomic E-state index is 0.594. The van der Waals surface area contributed by atoms with Crippen molar-refractivity contribution >= 4 is 21.2 Å². The van der Waals surface area contributed by atoms with E-state index in [0.29, 0.717) is 6.54 Å². The minimum Gasteiger partial charge on any atom is -0.248 e. The van der Waals surface area contributed by atoms with E-state index in [1.807, 2.05) is 67.7 Å². The van der Waals surface area contributed by atoms with Crippen molar-refractivity contribution in [2.75, 3.05) is 13.6 Å². The van der Waals surface area contributed by atoms with Crippen molar-refractivity contribution < 1.29 is 4.21 Å². The molecule has 0 spiro atoms. The molecular weight excluding hydrogens is 290 g/mol. The van der Waals surface area contributed by atoms with Crippen LogP contribution in [0.25, 0.3) is 5.57 Å². The third-order valence-corrected chi connectivity index (χ3v) is 5.92. The van der Waals surface area contributed by atoms with Crippen molar-refractivity contribution in [2.24, 2.45) is 0 Å². The van der Waals surface area contributed by atoms with E-state index in [1.54, 1.807) is 0 Å². The smallest absolute Gasteiger partial charge is 0.0559 e. The number of aryl methyl sites for hydroxylation is 1. The fourth-order valence-electron chi connectivity index (χ4n) is 2.28. The van der Waals surface area contributed by atoms with Crippen molar-refractivity contribution in [3.63, 3.8) is 0 Å². The van der Waals surface area contributed by atoms with E-state index in [9.17, 15) is 4.21 Å². The van der Waals surface area contributed by atoms with Crippen LogP contribution in [0.4, 0.5) is 0 Å². The molecule has 0 amide bonds. The Morgan fingerprint density at radius 3 is 2.27 bits per heavy atom. The first kappa shape index (κ1) is 16.5. The predicted molar refractivity (Wildman–Crippen MR) is 97.4 cm³/mol. The lowest BCUT2D eigenvalue weighted by Gasteiger charge is -2.23. The molecule has 1 unspecified atom stereocenters. The lowest BCUT2D eigenvalue weighted by Crippen LogP contribution is -2.28. The second kappa shape index (κ2) is 6.95. The molecular formula is C19H23NOS. The highest BCUT2D eigenvalue weighted by atomic mass is 32.2. The number of hydrogen-bond donors (Lipinski definition) is 0. The van der Waals surface area contributed by atoms with Gasteiger partial charge in [0.05, 0.1) is 9.71 Å². The van der Waals surface area contributed by atoms with Crippen LogP contribution in [0.1, 0.15) is 18.1 Å². The number of hydrogen-bond acceptors (Lipinski definition) is 1. The Hall–Kier alpha value is -1.84. The van der Waals surface area contributed by atoms with Gasteiger partial charge in [-0.1, -0.05) is 54.1 Å². The Morgan fingerprint density at radius 1 is 1.14 bits per heavy atom. The number of rotatable bonds is 5. The van der Waals surface area contributed by atoms with Gasteiger partial charge in [0.25, 0.3) is 0 Å². The van der Waals surface area contributed by atoms with Crippen LogP contribution in [0.2, 0.25) is 0 Å². The van der Waals surface area contributed by atoms with Gasteiger partial charge >= 0.3 is 0 Å². The predicted octanol–water partition coefficient (Wildman–Crippen LogP) is 4.02. The van der Waals surface area contributed by atoms with E-state index in [0.717, 1.165) is 21.6 Å². The molecule has 0 bridgehead atoms. The number of likely N-dealkylation sites (N-methyl/N-ethyl adjacent to an activating group) is 1. The van der Waals surface area contributed by atoms with Crippen LogP contribution in [0, 0.1) is 6.92 Å². The summed E-state index contributed by atoms with van der Waals surface area (Å²) < 4.78 is 14.9. The van der Waals surface area contributed by atoms with Crippen LogP contribution >= 0.6 is 0 Å². The van der Waals surface area contributed by atoms with E-state index in [1.165, 1.54) is 0 Å². The zero-order valence-corrected chi connectivity index (χ0v) is 14.3. The van der Waals surface area contributed by atoms with Gasteiger partial charge in [-0.15, -0.1) is 0 Å². The van der Waals surface area contributed by atoms with E-state index >= 15 is 0 Å². The van der Waals surface area contributed by atoms with Crippen LogP contribution in [-0.4, -0.2) is 28.0 Å². The first-order valence-corrected chi connectivity index (χ1v) is 8.99. The molecule has 116 valence electrons. The molecule has 2 nitrogen and oxygen atoms in total. The Kier molecular flexibility index (Phi) is 5.22. The van der Waals surface area contributed by atoms with Crippen molar-refractivity contribution in [1.82, 2.24) is 4.31 Å². The van der Waals surface area contributed by atoms with Gasteiger partial charge in [-0.2, -0.15) is 0 Å². The molecule has 2 aromatic rings. The third kappa shape index (κ3) is 3.67. The molecule has 0 aliphatic rings. The van der Waals surface area contributed by atoms with Gasteiger partial charge in [-0.3, -0.25) is 0 Å². The van der Waals surface area contributed by atoms with Crippen LogP contribution < -0.4 is 0 Å². The zero-order valence-electron chi connectivity index (χ0n) is 13.5. The molecule has 0 aromatic heterocycles. The first-order valence-electron chi connectivity index (χ1n) is 7.31.